The van der Waals surface area contributed by atoms with Crippen molar-refractivity contribution in [2.45, 2.75) is 33.1 Å². The molecule has 0 unspecified atom stereocenters. The van der Waals surface area contributed by atoms with Gasteiger partial charge >= 0.3 is 0 Å². The number of nitrogens with one attached hydrogen (secondary N) is 1. The Morgan fingerprint density at radius 1 is 1.05 bits per heavy atom. The third kappa shape index (κ3) is 3.76. The van der Waals surface area contributed by atoms with Crippen LogP contribution in [0.2, 0.25) is 0 Å². The Kier molecular flexibility index (Phi) is 5.04. The van der Waals surface area contributed by atoms with Crippen molar-refractivity contribution in [1.82, 2.24) is 9.97 Å². The first kappa shape index (κ1) is 14.4. The van der Waals surface area contributed by atoms with Gasteiger partial charge in [-0.05, 0) is 37.1 Å². The predicted molar refractivity (Wildman–Crippen MR) is 80.2 cm³/mol. The normalized spacial score (nSPS) is 10.6. The Morgan fingerprint density at radius 3 is 2.45 bits per heavy atom. The summed E-state index contributed by atoms with van der Waals surface area (Å²) < 4.78 is 13.0. The van der Waals surface area contributed by atoms with Gasteiger partial charge in [-0.25, -0.2) is 14.4 Å². The van der Waals surface area contributed by atoms with E-state index in [1.807, 2.05) is 6.07 Å². The molecule has 20 heavy (non-hydrogen) atoms. The highest BCUT2D eigenvalue weighted by atomic mass is 19.1. The van der Waals surface area contributed by atoms with Gasteiger partial charge < -0.3 is 5.32 Å². The Morgan fingerprint density at radius 2 is 1.80 bits per heavy atom. The van der Waals surface area contributed by atoms with E-state index in [-0.39, 0.29) is 5.82 Å². The van der Waals surface area contributed by atoms with Crippen molar-refractivity contribution >= 4 is 5.82 Å². The summed E-state index contributed by atoms with van der Waals surface area (Å²) in [6.45, 7) is 5.12. The van der Waals surface area contributed by atoms with Gasteiger partial charge in [0, 0.05) is 23.9 Å². The first-order chi connectivity index (χ1) is 9.72. The SMILES string of the molecule is CCCNc1cc(CCC)nc(-c2ccc(F)cc2)n1. The average Bonchev–Trinajstić information content (AvgIpc) is 2.46. The minimum Gasteiger partial charge on any atom is -0.370 e. The molecule has 1 heterocycles. The van der Waals surface area contributed by atoms with Crippen LogP contribution < -0.4 is 5.32 Å². The fourth-order valence-electron chi connectivity index (χ4n) is 1.95. The molecule has 1 aromatic carbocycles. The summed E-state index contributed by atoms with van der Waals surface area (Å²) >= 11 is 0. The lowest BCUT2D eigenvalue weighted by molar-refractivity contribution is 0.628. The van der Waals surface area contributed by atoms with Gasteiger partial charge in [0.05, 0.1) is 0 Å². The van der Waals surface area contributed by atoms with Crippen LogP contribution in [0.4, 0.5) is 10.2 Å². The van der Waals surface area contributed by atoms with Gasteiger partial charge in [0.25, 0.3) is 0 Å². The fraction of sp³-hybridized carbons (Fsp3) is 0.375. The van der Waals surface area contributed by atoms with E-state index < -0.39 is 0 Å². The second-order valence-electron chi connectivity index (χ2n) is 4.75. The highest BCUT2D eigenvalue weighted by Gasteiger charge is 2.06. The fourth-order valence-corrected chi connectivity index (χ4v) is 1.95. The minimum absolute atomic E-state index is 0.247. The molecule has 3 nitrogen and oxygen atoms in total. The average molecular weight is 273 g/mol. The minimum atomic E-state index is -0.247. The second-order valence-corrected chi connectivity index (χ2v) is 4.75. The molecule has 106 valence electrons. The van der Waals surface area contributed by atoms with Crippen LogP contribution in [-0.2, 0) is 6.42 Å². The van der Waals surface area contributed by atoms with Gasteiger partial charge in [0.15, 0.2) is 5.82 Å². The van der Waals surface area contributed by atoms with Crippen LogP contribution in [0.5, 0.6) is 0 Å². The summed E-state index contributed by atoms with van der Waals surface area (Å²) in [4.78, 5) is 9.07. The van der Waals surface area contributed by atoms with Gasteiger partial charge in [-0.2, -0.15) is 0 Å². The van der Waals surface area contributed by atoms with Crippen LogP contribution in [-0.4, -0.2) is 16.5 Å². The smallest absolute Gasteiger partial charge is 0.161 e. The zero-order valence-electron chi connectivity index (χ0n) is 12.0. The van der Waals surface area contributed by atoms with E-state index in [4.69, 9.17) is 0 Å². The Labute approximate surface area is 119 Å². The Hall–Kier alpha value is -1.97. The van der Waals surface area contributed by atoms with Gasteiger partial charge in [0.2, 0.25) is 0 Å². The van der Waals surface area contributed by atoms with Crippen molar-refractivity contribution in [3.05, 3.63) is 41.8 Å². The van der Waals surface area contributed by atoms with Gasteiger partial charge in [0.1, 0.15) is 11.6 Å². The van der Waals surface area contributed by atoms with E-state index >= 15 is 0 Å². The number of rotatable bonds is 6. The van der Waals surface area contributed by atoms with Gasteiger partial charge in [-0.3, -0.25) is 0 Å². The van der Waals surface area contributed by atoms with Gasteiger partial charge in [-0.15, -0.1) is 0 Å². The number of hydrogen-bond donors (Lipinski definition) is 1. The van der Waals surface area contributed by atoms with Crippen molar-refractivity contribution in [1.29, 1.82) is 0 Å². The maximum Gasteiger partial charge on any atom is 0.161 e. The van der Waals surface area contributed by atoms with Crippen molar-refractivity contribution in [3.63, 3.8) is 0 Å². The number of hydrogen-bond acceptors (Lipinski definition) is 3. The van der Waals surface area contributed by atoms with E-state index in [2.05, 4.69) is 29.1 Å². The summed E-state index contributed by atoms with van der Waals surface area (Å²) in [5.74, 6) is 1.24. The lowest BCUT2D eigenvalue weighted by Crippen LogP contribution is -2.05. The largest absolute Gasteiger partial charge is 0.370 e. The van der Waals surface area contributed by atoms with Crippen molar-refractivity contribution in [2.75, 3.05) is 11.9 Å². The number of aromatic nitrogens is 2. The number of anilines is 1. The quantitative estimate of drug-likeness (QED) is 0.862. The van der Waals surface area contributed by atoms with E-state index in [1.54, 1.807) is 12.1 Å². The standard InChI is InChI=1S/C16H20FN3/c1-3-5-14-11-15(18-10-4-2)20-16(19-14)12-6-8-13(17)9-7-12/h6-9,11H,3-5,10H2,1-2H3,(H,18,19,20). The molecule has 0 saturated heterocycles. The van der Waals surface area contributed by atoms with E-state index in [1.165, 1.54) is 12.1 Å². The van der Waals surface area contributed by atoms with Crippen molar-refractivity contribution in [3.8, 4) is 11.4 Å². The first-order valence-electron chi connectivity index (χ1n) is 7.10. The molecular weight excluding hydrogens is 253 g/mol. The van der Waals surface area contributed by atoms with Crippen LogP contribution in [0.25, 0.3) is 11.4 Å². The maximum absolute atomic E-state index is 13.0. The number of halogens is 1. The maximum atomic E-state index is 13.0. The number of nitrogens with zero attached hydrogens (tertiary/aromatic N) is 2. The number of benzene rings is 1. The van der Waals surface area contributed by atoms with E-state index in [0.29, 0.717) is 5.82 Å². The summed E-state index contributed by atoms with van der Waals surface area (Å²) in [5.41, 5.74) is 1.85. The highest BCUT2D eigenvalue weighted by Crippen LogP contribution is 2.19. The molecule has 0 fully saturated rings. The zero-order chi connectivity index (χ0) is 14.4. The Balaban J connectivity index is 2.34. The topological polar surface area (TPSA) is 37.8 Å². The Bertz CT molecular complexity index is 552. The molecular formula is C16H20FN3. The molecule has 0 spiro atoms. The summed E-state index contributed by atoms with van der Waals surface area (Å²) in [6, 6.07) is 8.29. The predicted octanol–water partition coefficient (Wildman–Crippen LogP) is 4.06. The summed E-state index contributed by atoms with van der Waals surface area (Å²) in [6.07, 6.45) is 2.99. The molecule has 0 bridgehead atoms. The molecule has 0 radical (unpaired) electrons. The van der Waals surface area contributed by atoms with Crippen molar-refractivity contribution in [2.24, 2.45) is 0 Å². The third-order valence-corrected chi connectivity index (χ3v) is 2.94. The van der Waals surface area contributed by atoms with E-state index in [0.717, 1.165) is 42.9 Å². The number of aryl methyl sites for hydroxylation is 1. The van der Waals surface area contributed by atoms with Crippen LogP contribution in [0.1, 0.15) is 32.4 Å². The van der Waals surface area contributed by atoms with E-state index in [9.17, 15) is 4.39 Å². The lowest BCUT2D eigenvalue weighted by Gasteiger charge is -2.09. The summed E-state index contributed by atoms with van der Waals surface area (Å²) in [7, 11) is 0. The third-order valence-electron chi connectivity index (χ3n) is 2.94. The molecule has 2 aromatic rings. The molecule has 0 aliphatic rings. The highest BCUT2D eigenvalue weighted by molar-refractivity contribution is 5.57. The van der Waals surface area contributed by atoms with Crippen LogP contribution in [0.3, 0.4) is 0 Å². The molecule has 2 rings (SSSR count). The van der Waals surface area contributed by atoms with Gasteiger partial charge in [-0.1, -0.05) is 20.3 Å². The lowest BCUT2D eigenvalue weighted by atomic mass is 10.2. The molecule has 1 aromatic heterocycles. The first-order valence-corrected chi connectivity index (χ1v) is 7.10. The molecule has 0 saturated carbocycles. The molecule has 1 N–H and O–H groups in total. The molecule has 0 amide bonds. The molecule has 0 aliphatic heterocycles. The molecule has 4 heteroatoms. The summed E-state index contributed by atoms with van der Waals surface area (Å²) in [5, 5.41) is 3.29. The zero-order valence-corrected chi connectivity index (χ0v) is 12.0. The molecule has 0 aliphatic carbocycles. The molecule has 0 atom stereocenters. The monoisotopic (exact) mass is 273 g/mol. The van der Waals surface area contributed by atoms with Crippen LogP contribution >= 0.6 is 0 Å². The van der Waals surface area contributed by atoms with Crippen LogP contribution in [0.15, 0.2) is 30.3 Å². The van der Waals surface area contributed by atoms with Crippen LogP contribution in [0, 0.1) is 5.82 Å². The van der Waals surface area contributed by atoms with Crippen molar-refractivity contribution < 1.29 is 4.39 Å². The second kappa shape index (κ2) is 6.98.